The summed E-state index contributed by atoms with van der Waals surface area (Å²) >= 11 is 3.66. The van der Waals surface area contributed by atoms with Crippen molar-refractivity contribution >= 4 is 21.8 Å². The fraction of sp³-hybridized carbons (Fsp3) is 0.562. The Labute approximate surface area is 135 Å². The molecule has 1 N–H and O–H groups in total. The van der Waals surface area contributed by atoms with Gasteiger partial charge in [0.15, 0.2) is 11.5 Å². The molecular weight excluding hydrogens is 334 g/mol. The summed E-state index contributed by atoms with van der Waals surface area (Å²) in [5.41, 5.74) is 0.487. The molecule has 4 nitrogen and oxygen atoms in total. The number of carbonyl (C=O) groups excluding carboxylic acids is 1. The maximum Gasteiger partial charge on any atom is 0.255 e. The van der Waals surface area contributed by atoms with E-state index in [0.717, 1.165) is 12.8 Å². The molecule has 0 radical (unpaired) electrons. The second kappa shape index (κ2) is 8.93. The minimum atomic E-state index is -0.152. The minimum Gasteiger partial charge on any atom is -0.493 e. The third-order valence-corrected chi connectivity index (χ3v) is 4.74. The lowest BCUT2D eigenvalue weighted by Crippen LogP contribution is -2.33. The van der Waals surface area contributed by atoms with Crippen LogP contribution >= 0.6 is 15.9 Å². The van der Waals surface area contributed by atoms with E-state index in [1.54, 1.807) is 25.3 Å². The molecule has 0 saturated carbocycles. The van der Waals surface area contributed by atoms with E-state index in [-0.39, 0.29) is 10.7 Å². The van der Waals surface area contributed by atoms with Crippen LogP contribution in [0.25, 0.3) is 0 Å². The number of nitrogens with one attached hydrogen (secondary N) is 1. The molecule has 0 aliphatic carbocycles. The molecule has 0 fully saturated rings. The first kappa shape index (κ1) is 17.8. The van der Waals surface area contributed by atoms with Gasteiger partial charge in [0.25, 0.3) is 5.91 Å². The van der Waals surface area contributed by atoms with Gasteiger partial charge < -0.3 is 14.8 Å². The van der Waals surface area contributed by atoms with Gasteiger partial charge in [-0.15, -0.1) is 0 Å². The van der Waals surface area contributed by atoms with E-state index in [4.69, 9.17) is 9.47 Å². The number of benzene rings is 1. The average Bonchev–Trinajstić information content (AvgIpc) is 2.52. The standard InChI is InChI=1S/C16H24BrNO3/c1-5-11(6-2)13(17)10-18-16(19)12-8-7-9-14(20-3)15(12)21-4/h7-9,11,13H,5-6,10H2,1-4H3,(H,18,19). The molecule has 1 atom stereocenters. The zero-order chi connectivity index (χ0) is 15.8. The Balaban J connectivity index is 2.76. The molecule has 1 aromatic rings. The monoisotopic (exact) mass is 357 g/mol. The third kappa shape index (κ3) is 4.63. The van der Waals surface area contributed by atoms with Gasteiger partial charge in [-0.05, 0) is 18.1 Å². The molecule has 0 aliphatic heterocycles. The number of amides is 1. The Morgan fingerprint density at radius 3 is 2.43 bits per heavy atom. The summed E-state index contributed by atoms with van der Waals surface area (Å²) in [5.74, 6) is 1.42. The van der Waals surface area contributed by atoms with E-state index in [0.29, 0.717) is 29.5 Å². The molecule has 1 unspecified atom stereocenters. The highest BCUT2D eigenvalue weighted by Crippen LogP contribution is 2.30. The van der Waals surface area contributed by atoms with Crippen LogP contribution in [-0.4, -0.2) is 31.5 Å². The summed E-state index contributed by atoms with van der Waals surface area (Å²) in [7, 11) is 3.09. The molecule has 0 aliphatic rings. The van der Waals surface area contributed by atoms with Crippen LogP contribution in [0, 0.1) is 5.92 Å². The highest BCUT2D eigenvalue weighted by Gasteiger charge is 2.19. The molecule has 1 rings (SSSR count). The summed E-state index contributed by atoms with van der Waals surface area (Å²) < 4.78 is 10.5. The lowest BCUT2D eigenvalue weighted by atomic mass is 9.99. The maximum absolute atomic E-state index is 12.3. The summed E-state index contributed by atoms with van der Waals surface area (Å²) in [6.45, 7) is 4.91. The van der Waals surface area contributed by atoms with Crippen molar-refractivity contribution in [3.05, 3.63) is 23.8 Å². The van der Waals surface area contributed by atoms with E-state index in [1.165, 1.54) is 7.11 Å². The van der Waals surface area contributed by atoms with E-state index in [1.807, 2.05) is 0 Å². The number of rotatable bonds is 8. The molecule has 0 spiro atoms. The normalized spacial score (nSPS) is 12.1. The van der Waals surface area contributed by atoms with Gasteiger partial charge in [0, 0.05) is 11.4 Å². The summed E-state index contributed by atoms with van der Waals surface area (Å²) in [5, 5.41) is 2.95. The van der Waals surface area contributed by atoms with Crippen molar-refractivity contribution in [2.45, 2.75) is 31.5 Å². The van der Waals surface area contributed by atoms with E-state index in [9.17, 15) is 4.79 Å². The number of hydrogen-bond acceptors (Lipinski definition) is 3. The maximum atomic E-state index is 12.3. The van der Waals surface area contributed by atoms with Crippen LogP contribution in [0.3, 0.4) is 0 Å². The lowest BCUT2D eigenvalue weighted by molar-refractivity contribution is 0.0948. The van der Waals surface area contributed by atoms with Gasteiger partial charge >= 0.3 is 0 Å². The second-order valence-corrected chi connectivity index (χ2v) is 6.02. The van der Waals surface area contributed by atoms with E-state index < -0.39 is 0 Å². The summed E-state index contributed by atoms with van der Waals surface area (Å²) in [6, 6.07) is 5.28. The number of para-hydroxylation sites is 1. The molecule has 1 amide bonds. The smallest absolute Gasteiger partial charge is 0.255 e. The number of methoxy groups -OCH3 is 2. The van der Waals surface area contributed by atoms with Crippen LogP contribution in [0.2, 0.25) is 0 Å². The van der Waals surface area contributed by atoms with Crippen LogP contribution < -0.4 is 14.8 Å². The first-order valence-electron chi connectivity index (χ1n) is 7.22. The highest BCUT2D eigenvalue weighted by molar-refractivity contribution is 9.09. The van der Waals surface area contributed by atoms with E-state index >= 15 is 0 Å². The summed E-state index contributed by atoms with van der Waals surface area (Å²) in [6.07, 6.45) is 2.18. The molecule has 21 heavy (non-hydrogen) atoms. The Bertz CT molecular complexity index is 461. The lowest BCUT2D eigenvalue weighted by Gasteiger charge is -2.20. The molecule has 5 heteroatoms. The van der Waals surface area contributed by atoms with Crippen LogP contribution in [0.15, 0.2) is 18.2 Å². The molecule has 1 aromatic carbocycles. The molecule has 118 valence electrons. The highest BCUT2D eigenvalue weighted by atomic mass is 79.9. The van der Waals surface area contributed by atoms with Gasteiger partial charge in [0.1, 0.15) is 0 Å². The Hall–Kier alpha value is -1.23. The predicted molar refractivity (Wildman–Crippen MR) is 88.7 cm³/mol. The Morgan fingerprint density at radius 1 is 1.24 bits per heavy atom. The quantitative estimate of drug-likeness (QED) is 0.722. The van der Waals surface area contributed by atoms with E-state index in [2.05, 4.69) is 35.1 Å². The molecule has 0 aromatic heterocycles. The fourth-order valence-corrected chi connectivity index (χ4v) is 3.23. The van der Waals surface area contributed by atoms with Crippen molar-refractivity contribution in [3.8, 4) is 11.5 Å². The SMILES string of the molecule is CCC(CC)C(Br)CNC(=O)c1cccc(OC)c1OC. The average molecular weight is 358 g/mol. The number of halogens is 1. The molecular formula is C16H24BrNO3. The number of ether oxygens (including phenoxy) is 2. The zero-order valence-electron chi connectivity index (χ0n) is 13.1. The van der Waals surface area contributed by atoms with Gasteiger partial charge in [-0.3, -0.25) is 4.79 Å². The van der Waals surface area contributed by atoms with Crippen LogP contribution in [0.4, 0.5) is 0 Å². The van der Waals surface area contributed by atoms with Crippen molar-refractivity contribution in [2.75, 3.05) is 20.8 Å². The third-order valence-electron chi connectivity index (χ3n) is 3.67. The van der Waals surface area contributed by atoms with Crippen molar-refractivity contribution < 1.29 is 14.3 Å². The zero-order valence-corrected chi connectivity index (χ0v) is 14.7. The predicted octanol–water partition coefficient (Wildman–Crippen LogP) is 3.63. The van der Waals surface area contributed by atoms with Gasteiger partial charge in [0.2, 0.25) is 0 Å². The first-order valence-corrected chi connectivity index (χ1v) is 8.13. The van der Waals surface area contributed by atoms with Crippen LogP contribution in [0.5, 0.6) is 11.5 Å². The Morgan fingerprint density at radius 2 is 1.90 bits per heavy atom. The number of carbonyl (C=O) groups is 1. The largest absolute Gasteiger partial charge is 0.493 e. The number of alkyl halides is 1. The van der Waals surface area contributed by atoms with Crippen molar-refractivity contribution in [1.29, 1.82) is 0 Å². The molecule has 0 bridgehead atoms. The van der Waals surface area contributed by atoms with Gasteiger partial charge in [-0.25, -0.2) is 0 Å². The number of hydrogen-bond donors (Lipinski definition) is 1. The van der Waals surface area contributed by atoms with Crippen LogP contribution in [-0.2, 0) is 0 Å². The van der Waals surface area contributed by atoms with Gasteiger partial charge in [0.05, 0.1) is 19.8 Å². The van der Waals surface area contributed by atoms with Crippen molar-refractivity contribution in [1.82, 2.24) is 5.32 Å². The fourth-order valence-electron chi connectivity index (χ4n) is 2.32. The van der Waals surface area contributed by atoms with Crippen molar-refractivity contribution in [3.63, 3.8) is 0 Å². The first-order chi connectivity index (χ1) is 10.1. The molecule has 0 saturated heterocycles. The van der Waals surface area contributed by atoms with Gasteiger partial charge in [-0.2, -0.15) is 0 Å². The second-order valence-electron chi connectivity index (χ2n) is 4.84. The Kier molecular flexibility index (Phi) is 7.57. The minimum absolute atomic E-state index is 0.152. The van der Waals surface area contributed by atoms with Gasteiger partial charge in [-0.1, -0.05) is 48.7 Å². The van der Waals surface area contributed by atoms with Crippen molar-refractivity contribution in [2.24, 2.45) is 5.92 Å². The van der Waals surface area contributed by atoms with Crippen LogP contribution in [0.1, 0.15) is 37.0 Å². The summed E-state index contributed by atoms with van der Waals surface area (Å²) in [4.78, 5) is 12.6. The topological polar surface area (TPSA) is 47.6 Å². The molecule has 0 heterocycles.